The molecule has 1 heterocycles. The molecule has 0 amide bonds. The molecule has 17 heavy (non-hydrogen) atoms. The van der Waals surface area contributed by atoms with Gasteiger partial charge in [-0.2, -0.15) is 4.98 Å². The van der Waals surface area contributed by atoms with Crippen LogP contribution < -0.4 is 4.74 Å². The number of hydrogen-bond donors (Lipinski definition) is 1. The fourth-order valence-electron chi connectivity index (χ4n) is 1.32. The average molecular weight is 234 g/mol. The van der Waals surface area contributed by atoms with Crippen LogP contribution in [0.4, 0.5) is 0 Å². The van der Waals surface area contributed by atoms with Crippen molar-refractivity contribution in [3.05, 3.63) is 42.0 Å². The van der Waals surface area contributed by atoms with Crippen molar-refractivity contribution in [2.24, 2.45) is 0 Å². The number of nitrogens with zero attached hydrogens (tertiary/aromatic N) is 2. The SMILES string of the molecule is CC(O)c1nc(CCOc2ccccc2)no1. The van der Waals surface area contributed by atoms with E-state index in [0.29, 0.717) is 18.9 Å². The molecule has 1 aromatic carbocycles. The molecule has 5 heteroatoms. The molecule has 0 spiro atoms. The lowest BCUT2D eigenvalue weighted by molar-refractivity contribution is 0.151. The molecule has 0 saturated carbocycles. The van der Waals surface area contributed by atoms with Gasteiger partial charge in [0.15, 0.2) is 5.82 Å². The summed E-state index contributed by atoms with van der Waals surface area (Å²) < 4.78 is 10.4. The third-order valence-electron chi connectivity index (χ3n) is 2.18. The summed E-state index contributed by atoms with van der Waals surface area (Å²) in [4.78, 5) is 4.03. The molecule has 1 atom stereocenters. The molecule has 1 aromatic heterocycles. The number of para-hydroxylation sites is 1. The first kappa shape index (κ1) is 11.6. The zero-order valence-electron chi connectivity index (χ0n) is 9.54. The largest absolute Gasteiger partial charge is 0.493 e. The van der Waals surface area contributed by atoms with E-state index >= 15 is 0 Å². The Morgan fingerprint density at radius 2 is 2.12 bits per heavy atom. The van der Waals surface area contributed by atoms with E-state index in [9.17, 15) is 5.11 Å². The van der Waals surface area contributed by atoms with Gasteiger partial charge in [-0.15, -0.1) is 0 Å². The second-order valence-electron chi connectivity index (χ2n) is 3.64. The maximum Gasteiger partial charge on any atom is 0.255 e. The normalized spacial score (nSPS) is 12.4. The van der Waals surface area contributed by atoms with Gasteiger partial charge in [0.05, 0.1) is 6.61 Å². The standard InChI is InChI=1S/C12H14N2O3/c1-9(15)12-13-11(14-17-12)7-8-16-10-5-3-2-4-6-10/h2-6,9,15H,7-8H2,1H3. The summed E-state index contributed by atoms with van der Waals surface area (Å²) in [5, 5.41) is 13.0. The van der Waals surface area contributed by atoms with Crippen LogP contribution in [0.3, 0.4) is 0 Å². The zero-order chi connectivity index (χ0) is 12.1. The van der Waals surface area contributed by atoms with E-state index in [4.69, 9.17) is 9.26 Å². The highest BCUT2D eigenvalue weighted by atomic mass is 16.5. The number of rotatable bonds is 5. The van der Waals surface area contributed by atoms with Crippen molar-refractivity contribution < 1.29 is 14.4 Å². The number of aromatic nitrogens is 2. The van der Waals surface area contributed by atoms with Gasteiger partial charge in [0, 0.05) is 6.42 Å². The third kappa shape index (κ3) is 3.29. The molecule has 1 N–H and O–H groups in total. The molecule has 0 aliphatic carbocycles. The molecule has 2 aromatic rings. The summed E-state index contributed by atoms with van der Waals surface area (Å²) in [5.74, 6) is 1.59. The predicted octanol–water partition coefficient (Wildman–Crippen LogP) is 1.74. The predicted molar refractivity (Wildman–Crippen MR) is 60.6 cm³/mol. The number of hydrogen-bond acceptors (Lipinski definition) is 5. The van der Waals surface area contributed by atoms with Gasteiger partial charge in [0.2, 0.25) is 0 Å². The first-order chi connectivity index (χ1) is 8.25. The molecule has 0 fully saturated rings. The molecule has 0 saturated heterocycles. The Hall–Kier alpha value is -1.88. The van der Waals surface area contributed by atoms with E-state index < -0.39 is 6.10 Å². The molecular formula is C12H14N2O3. The molecular weight excluding hydrogens is 220 g/mol. The van der Waals surface area contributed by atoms with Crippen LogP contribution in [0.15, 0.2) is 34.9 Å². The lowest BCUT2D eigenvalue weighted by Crippen LogP contribution is -2.03. The Morgan fingerprint density at radius 1 is 1.35 bits per heavy atom. The Morgan fingerprint density at radius 3 is 2.76 bits per heavy atom. The lowest BCUT2D eigenvalue weighted by atomic mass is 10.3. The molecule has 0 bridgehead atoms. The Bertz CT molecular complexity index is 454. The molecule has 5 nitrogen and oxygen atoms in total. The zero-order valence-corrected chi connectivity index (χ0v) is 9.54. The maximum atomic E-state index is 9.21. The van der Waals surface area contributed by atoms with Crippen LogP contribution in [0.25, 0.3) is 0 Å². The van der Waals surface area contributed by atoms with Crippen LogP contribution in [0.5, 0.6) is 5.75 Å². The summed E-state index contributed by atoms with van der Waals surface area (Å²) in [7, 11) is 0. The molecule has 90 valence electrons. The van der Waals surface area contributed by atoms with Gasteiger partial charge in [-0.1, -0.05) is 23.4 Å². The van der Waals surface area contributed by atoms with Gasteiger partial charge in [-0.3, -0.25) is 0 Å². The van der Waals surface area contributed by atoms with Gasteiger partial charge in [0.1, 0.15) is 11.9 Å². The Kier molecular flexibility index (Phi) is 3.72. The van der Waals surface area contributed by atoms with Crippen LogP contribution in [-0.4, -0.2) is 21.9 Å². The van der Waals surface area contributed by atoms with Crippen LogP contribution >= 0.6 is 0 Å². The molecule has 0 aliphatic heterocycles. The Labute approximate surface area is 99.0 Å². The highest BCUT2D eigenvalue weighted by molar-refractivity contribution is 5.20. The monoisotopic (exact) mass is 234 g/mol. The summed E-state index contributed by atoms with van der Waals surface area (Å²) in [6.07, 6.45) is -0.184. The van der Waals surface area contributed by atoms with Crippen molar-refractivity contribution in [1.82, 2.24) is 10.1 Å². The Balaban J connectivity index is 1.82. The van der Waals surface area contributed by atoms with Crippen molar-refractivity contribution in [1.29, 1.82) is 0 Å². The molecule has 0 aliphatic rings. The van der Waals surface area contributed by atoms with E-state index in [2.05, 4.69) is 10.1 Å². The molecule has 0 radical (unpaired) electrons. The highest BCUT2D eigenvalue weighted by Gasteiger charge is 2.10. The van der Waals surface area contributed by atoms with Crippen LogP contribution in [-0.2, 0) is 6.42 Å². The van der Waals surface area contributed by atoms with E-state index in [1.54, 1.807) is 6.92 Å². The fourth-order valence-corrected chi connectivity index (χ4v) is 1.32. The summed E-state index contributed by atoms with van der Waals surface area (Å²) in [6, 6.07) is 9.53. The second kappa shape index (κ2) is 5.45. The quantitative estimate of drug-likeness (QED) is 0.853. The molecule has 2 rings (SSSR count). The van der Waals surface area contributed by atoms with E-state index in [1.165, 1.54) is 0 Å². The number of benzene rings is 1. The summed E-state index contributed by atoms with van der Waals surface area (Å²) in [6.45, 7) is 2.06. The van der Waals surface area contributed by atoms with Crippen molar-refractivity contribution >= 4 is 0 Å². The van der Waals surface area contributed by atoms with Gasteiger partial charge in [-0.05, 0) is 19.1 Å². The van der Waals surface area contributed by atoms with Crippen molar-refractivity contribution in [2.45, 2.75) is 19.4 Å². The maximum absolute atomic E-state index is 9.21. The lowest BCUT2D eigenvalue weighted by Gasteiger charge is -2.02. The number of aliphatic hydroxyl groups is 1. The number of aliphatic hydroxyl groups excluding tert-OH is 1. The first-order valence-corrected chi connectivity index (χ1v) is 5.44. The molecule has 1 unspecified atom stereocenters. The highest BCUT2D eigenvalue weighted by Crippen LogP contribution is 2.10. The summed E-state index contributed by atoms with van der Waals surface area (Å²) >= 11 is 0. The van der Waals surface area contributed by atoms with Crippen molar-refractivity contribution in [3.8, 4) is 5.75 Å². The van der Waals surface area contributed by atoms with E-state index in [-0.39, 0.29) is 5.89 Å². The van der Waals surface area contributed by atoms with Crippen LogP contribution in [0, 0.1) is 0 Å². The topological polar surface area (TPSA) is 68.4 Å². The summed E-state index contributed by atoms with van der Waals surface area (Å²) in [5.41, 5.74) is 0. The average Bonchev–Trinajstić information content (AvgIpc) is 2.79. The second-order valence-corrected chi connectivity index (χ2v) is 3.64. The fraction of sp³-hybridized carbons (Fsp3) is 0.333. The van der Waals surface area contributed by atoms with Gasteiger partial charge < -0.3 is 14.4 Å². The van der Waals surface area contributed by atoms with E-state index in [1.807, 2.05) is 30.3 Å². The van der Waals surface area contributed by atoms with E-state index in [0.717, 1.165) is 5.75 Å². The van der Waals surface area contributed by atoms with Crippen LogP contribution in [0.2, 0.25) is 0 Å². The third-order valence-corrected chi connectivity index (χ3v) is 2.18. The number of ether oxygens (including phenoxy) is 1. The van der Waals surface area contributed by atoms with Gasteiger partial charge in [0.25, 0.3) is 5.89 Å². The minimum atomic E-state index is -0.730. The van der Waals surface area contributed by atoms with Crippen LogP contribution in [0.1, 0.15) is 24.7 Å². The van der Waals surface area contributed by atoms with Gasteiger partial charge >= 0.3 is 0 Å². The smallest absolute Gasteiger partial charge is 0.255 e. The van der Waals surface area contributed by atoms with Crippen molar-refractivity contribution in [2.75, 3.05) is 6.61 Å². The van der Waals surface area contributed by atoms with Crippen molar-refractivity contribution in [3.63, 3.8) is 0 Å². The van der Waals surface area contributed by atoms with Gasteiger partial charge in [-0.25, -0.2) is 0 Å². The first-order valence-electron chi connectivity index (χ1n) is 5.44. The minimum absolute atomic E-state index is 0.236. The minimum Gasteiger partial charge on any atom is -0.493 e.